The van der Waals surface area contributed by atoms with Crippen LogP contribution in [0.25, 0.3) is 4.83 Å². The van der Waals surface area contributed by atoms with Crippen LogP contribution in [0.4, 0.5) is 0 Å². The lowest BCUT2D eigenvalue weighted by atomic mass is 10.2. The van der Waals surface area contributed by atoms with E-state index < -0.39 is 0 Å². The van der Waals surface area contributed by atoms with Gasteiger partial charge in [-0.05, 0) is 0 Å². The van der Waals surface area contributed by atoms with Gasteiger partial charge in [0.2, 0.25) is 5.91 Å². The summed E-state index contributed by atoms with van der Waals surface area (Å²) in [4.78, 5) is 11.6. The second-order valence-corrected chi connectivity index (χ2v) is 3.36. The van der Waals surface area contributed by atoms with Crippen molar-refractivity contribution < 1.29 is 4.79 Å². The van der Waals surface area contributed by atoms with Crippen molar-refractivity contribution in [1.29, 1.82) is 0 Å². The van der Waals surface area contributed by atoms with Gasteiger partial charge in [0, 0.05) is 17.1 Å². The third-order valence-electron chi connectivity index (χ3n) is 1.57. The van der Waals surface area contributed by atoms with E-state index >= 15 is 0 Å². The predicted molar refractivity (Wildman–Crippen MR) is 46.0 cm³/mol. The van der Waals surface area contributed by atoms with E-state index in [0.717, 1.165) is 10.4 Å². The minimum Gasteiger partial charge on any atom is -0.369 e. The van der Waals surface area contributed by atoms with Gasteiger partial charge >= 0.3 is 0 Å². The summed E-state index contributed by atoms with van der Waals surface area (Å²) >= 11 is 1.56. The maximum absolute atomic E-state index is 10.6. The first-order valence-electron chi connectivity index (χ1n) is 3.45. The van der Waals surface area contributed by atoms with Gasteiger partial charge in [0.05, 0.1) is 12.6 Å². The van der Waals surface area contributed by atoms with Gasteiger partial charge in [-0.2, -0.15) is 5.10 Å². The first-order chi connectivity index (χ1) is 5.77. The van der Waals surface area contributed by atoms with Gasteiger partial charge < -0.3 is 5.73 Å². The number of rotatable bonds is 2. The molecule has 2 N–H and O–H groups in total. The second kappa shape index (κ2) is 2.60. The largest absolute Gasteiger partial charge is 0.369 e. The van der Waals surface area contributed by atoms with Crippen LogP contribution in [0, 0.1) is 0 Å². The van der Waals surface area contributed by atoms with E-state index in [2.05, 4.69) is 5.10 Å². The van der Waals surface area contributed by atoms with Gasteiger partial charge in [0.25, 0.3) is 0 Å². The second-order valence-electron chi connectivity index (χ2n) is 2.47. The summed E-state index contributed by atoms with van der Waals surface area (Å²) < 4.78 is 1.74. The van der Waals surface area contributed by atoms with E-state index in [1.54, 1.807) is 22.0 Å². The molecule has 0 aliphatic rings. The van der Waals surface area contributed by atoms with E-state index in [4.69, 9.17) is 5.73 Å². The Morgan fingerprint density at radius 3 is 3.33 bits per heavy atom. The minimum atomic E-state index is -0.321. The standard InChI is InChI=1S/C7H7N3OS/c8-6(11)3-5-4-9-10-1-2-12-7(5)10/h1-2,4H,3H2,(H2,8,11). The highest BCUT2D eigenvalue weighted by Crippen LogP contribution is 2.16. The highest BCUT2D eigenvalue weighted by Gasteiger charge is 2.06. The van der Waals surface area contributed by atoms with Crippen LogP contribution in [-0.2, 0) is 11.2 Å². The van der Waals surface area contributed by atoms with E-state index in [1.807, 2.05) is 11.6 Å². The van der Waals surface area contributed by atoms with Crippen LogP contribution in [0.15, 0.2) is 17.8 Å². The van der Waals surface area contributed by atoms with Crippen molar-refractivity contribution in [3.05, 3.63) is 23.3 Å². The molecule has 0 aromatic carbocycles. The first kappa shape index (κ1) is 7.30. The van der Waals surface area contributed by atoms with Crippen LogP contribution in [0.3, 0.4) is 0 Å². The maximum Gasteiger partial charge on any atom is 0.222 e. The summed E-state index contributed by atoms with van der Waals surface area (Å²) in [5.41, 5.74) is 5.97. The van der Waals surface area contributed by atoms with Crippen molar-refractivity contribution in [3.63, 3.8) is 0 Å². The molecule has 2 rings (SSSR count). The Labute approximate surface area is 72.6 Å². The van der Waals surface area contributed by atoms with Gasteiger partial charge in [-0.25, -0.2) is 4.52 Å². The maximum atomic E-state index is 10.6. The number of aromatic nitrogens is 2. The molecule has 2 heterocycles. The van der Waals surface area contributed by atoms with Gasteiger partial charge in [-0.1, -0.05) is 0 Å². The molecule has 0 aliphatic heterocycles. The van der Waals surface area contributed by atoms with Crippen LogP contribution in [0.5, 0.6) is 0 Å². The molecule has 0 radical (unpaired) electrons. The zero-order chi connectivity index (χ0) is 8.55. The van der Waals surface area contributed by atoms with E-state index in [0.29, 0.717) is 0 Å². The first-order valence-corrected chi connectivity index (χ1v) is 4.33. The Kier molecular flexibility index (Phi) is 1.58. The average Bonchev–Trinajstić information content (AvgIpc) is 2.52. The quantitative estimate of drug-likeness (QED) is 0.730. The molecule has 0 spiro atoms. The molecule has 62 valence electrons. The molecule has 0 unspecified atom stereocenters. The third-order valence-corrected chi connectivity index (χ3v) is 2.50. The summed E-state index contributed by atoms with van der Waals surface area (Å²) in [6.07, 6.45) is 3.80. The van der Waals surface area contributed by atoms with Crippen LogP contribution in [0.1, 0.15) is 5.56 Å². The Balaban J connectivity index is 2.47. The van der Waals surface area contributed by atoms with E-state index in [1.165, 1.54) is 0 Å². The Bertz CT molecular complexity index is 417. The zero-order valence-corrected chi connectivity index (χ0v) is 7.04. The highest BCUT2D eigenvalue weighted by molar-refractivity contribution is 7.15. The lowest BCUT2D eigenvalue weighted by Gasteiger charge is -1.88. The predicted octanol–water partition coefficient (Wildman–Crippen LogP) is 0.424. The van der Waals surface area contributed by atoms with Crippen molar-refractivity contribution in [2.45, 2.75) is 6.42 Å². The molecule has 0 aliphatic carbocycles. The van der Waals surface area contributed by atoms with Crippen molar-refractivity contribution >= 4 is 22.1 Å². The lowest BCUT2D eigenvalue weighted by molar-refractivity contribution is -0.117. The van der Waals surface area contributed by atoms with Gasteiger partial charge in [0.15, 0.2) is 0 Å². The Hall–Kier alpha value is -1.36. The smallest absolute Gasteiger partial charge is 0.222 e. The van der Waals surface area contributed by atoms with E-state index in [-0.39, 0.29) is 12.3 Å². The number of fused-ring (bicyclic) bond motifs is 1. The SMILES string of the molecule is NC(=O)Cc1cnn2ccsc12. The average molecular weight is 181 g/mol. The number of amides is 1. The molecular formula is C7H7N3OS. The van der Waals surface area contributed by atoms with Crippen LogP contribution in [0.2, 0.25) is 0 Å². The van der Waals surface area contributed by atoms with Crippen molar-refractivity contribution in [1.82, 2.24) is 9.61 Å². The van der Waals surface area contributed by atoms with Crippen LogP contribution < -0.4 is 5.73 Å². The molecule has 2 aromatic rings. The number of carbonyl (C=O) groups is 1. The van der Waals surface area contributed by atoms with Crippen molar-refractivity contribution in [2.24, 2.45) is 5.73 Å². The molecule has 1 amide bonds. The number of nitrogens with two attached hydrogens (primary N) is 1. The molecule has 0 saturated heterocycles. The Morgan fingerprint density at radius 1 is 1.75 bits per heavy atom. The number of primary amides is 1. The van der Waals surface area contributed by atoms with Crippen LogP contribution >= 0.6 is 11.3 Å². The highest BCUT2D eigenvalue weighted by atomic mass is 32.1. The topological polar surface area (TPSA) is 60.4 Å². The van der Waals surface area contributed by atoms with Crippen molar-refractivity contribution in [2.75, 3.05) is 0 Å². The minimum absolute atomic E-state index is 0.268. The van der Waals surface area contributed by atoms with Crippen molar-refractivity contribution in [3.8, 4) is 0 Å². The fourth-order valence-corrected chi connectivity index (χ4v) is 1.88. The molecule has 4 nitrogen and oxygen atoms in total. The van der Waals surface area contributed by atoms with Crippen LogP contribution in [-0.4, -0.2) is 15.5 Å². The number of carbonyl (C=O) groups excluding carboxylic acids is 1. The van der Waals surface area contributed by atoms with Gasteiger partial charge in [-0.3, -0.25) is 4.79 Å². The Morgan fingerprint density at radius 2 is 2.58 bits per heavy atom. The fourth-order valence-electron chi connectivity index (χ4n) is 1.08. The molecular weight excluding hydrogens is 174 g/mol. The molecule has 0 fully saturated rings. The third kappa shape index (κ3) is 1.08. The number of nitrogens with zero attached hydrogens (tertiary/aromatic N) is 2. The monoisotopic (exact) mass is 181 g/mol. The van der Waals surface area contributed by atoms with E-state index in [9.17, 15) is 4.79 Å². The van der Waals surface area contributed by atoms with Gasteiger partial charge in [-0.15, -0.1) is 11.3 Å². The summed E-state index contributed by atoms with van der Waals surface area (Å²) in [5.74, 6) is -0.321. The van der Waals surface area contributed by atoms with Gasteiger partial charge in [0.1, 0.15) is 4.83 Å². The number of hydrogen-bond donors (Lipinski definition) is 1. The summed E-state index contributed by atoms with van der Waals surface area (Å²) in [7, 11) is 0. The fraction of sp³-hybridized carbons (Fsp3) is 0.143. The summed E-state index contributed by atoms with van der Waals surface area (Å²) in [5, 5.41) is 5.97. The summed E-state index contributed by atoms with van der Waals surface area (Å²) in [6.45, 7) is 0. The molecule has 0 bridgehead atoms. The zero-order valence-electron chi connectivity index (χ0n) is 6.23. The molecule has 5 heteroatoms. The lowest BCUT2D eigenvalue weighted by Crippen LogP contribution is -2.13. The summed E-state index contributed by atoms with van der Waals surface area (Å²) in [6, 6.07) is 0. The molecule has 2 aromatic heterocycles. The molecule has 12 heavy (non-hydrogen) atoms. The number of hydrogen-bond acceptors (Lipinski definition) is 3. The number of thiazole rings is 1. The normalized spacial score (nSPS) is 10.7. The molecule has 0 saturated carbocycles. The molecule has 0 atom stereocenters.